The lowest BCUT2D eigenvalue weighted by Gasteiger charge is -2.19. The summed E-state index contributed by atoms with van der Waals surface area (Å²) in [5, 5.41) is 0. The summed E-state index contributed by atoms with van der Waals surface area (Å²) < 4.78 is 32.9. The van der Waals surface area contributed by atoms with Gasteiger partial charge in [0.25, 0.3) is 0 Å². The fraction of sp³-hybridized carbons (Fsp3) is 0.667. The summed E-state index contributed by atoms with van der Waals surface area (Å²) in [6.07, 6.45) is 2.24. The van der Waals surface area contributed by atoms with Crippen molar-refractivity contribution < 1.29 is 13.2 Å². The molecule has 1 aromatic rings. The fourth-order valence-electron chi connectivity index (χ4n) is 2.27. The van der Waals surface area contributed by atoms with E-state index in [1.54, 1.807) is 0 Å². The third kappa shape index (κ3) is 9.08. The third-order valence-electron chi connectivity index (χ3n) is 3.34. The van der Waals surface area contributed by atoms with Gasteiger partial charge in [0.15, 0.2) is 0 Å². The maximum atomic E-state index is 12.3. The van der Waals surface area contributed by atoms with Crippen LogP contribution in [0.15, 0.2) is 30.3 Å². The SMILES string of the molecule is CCC[C@@H](NS(=O)(=O)CCCOCC(C)(C)C)c1ccccc1. The number of rotatable bonds is 10. The zero-order valence-corrected chi connectivity index (χ0v) is 15.7. The summed E-state index contributed by atoms with van der Waals surface area (Å²) in [6, 6.07) is 9.60. The van der Waals surface area contributed by atoms with E-state index in [9.17, 15) is 8.42 Å². The normalized spacial score (nSPS) is 13.9. The van der Waals surface area contributed by atoms with Gasteiger partial charge in [-0.2, -0.15) is 0 Å². The highest BCUT2D eigenvalue weighted by Crippen LogP contribution is 2.19. The van der Waals surface area contributed by atoms with Crippen molar-refractivity contribution >= 4 is 10.0 Å². The van der Waals surface area contributed by atoms with E-state index in [4.69, 9.17) is 4.74 Å². The monoisotopic (exact) mass is 341 g/mol. The smallest absolute Gasteiger partial charge is 0.212 e. The molecule has 1 aromatic carbocycles. The molecule has 0 aliphatic rings. The van der Waals surface area contributed by atoms with Crippen molar-refractivity contribution in [2.75, 3.05) is 19.0 Å². The van der Waals surface area contributed by atoms with E-state index in [-0.39, 0.29) is 17.2 Å². The Bertz CT molecular complexity index is 535. The van der Waals surface area contributed by atoms with Gasteiger partial charge < -0.3 is 4.74 Å². The Morgan fingerprint density at radius 1 is 1.17 bits per heavy atom. The minimum absolute atomic E-state index is 0.101. The first-order valence-electron chi connectivity index (χ1n) is 8.36. The molecule has 1 atom stereocenters. The second-order valence-electron chi connectivity index (χ2n) is 7.16. The summed E-state index contributed by atoms with van der Waals surface area (Å²) in [5.41, 5.74) is 1.12. The van der Waals surface area contributed by atoms with Crippen LogP contribution in [0.5, 0.6) is 0 Å². The molecule has 0 saturated heterocycles. The zero-order valence-electron chi connectivity index (χ0n) is 14.8. The quantitative estimate of drug-likeness (QED) is 0.657. The van der Waals surface area contributed by atoms with Gasteiger partial charge in [0.1, 0.15) is 0 Å². The predicted molar refractivity (Wildman–Crippen MR) is 95.9 cm³/mol. The summed E-state index contributed by atoms with van der Waals surface area (Å²) in [4.78, 5) is 0. The van der Waals surface area contributed by atoms with Crippen molar-refractivity contribution in [1.29, 1.82) is 0 Å². The molecule has 0 spiro atoms. The van der Waals surface area contributed by atoms with Crippen molar-refractivity contribution in [1.82, 2.24) is 4.72 Å². The molecular formula is C18H31NO3S. The van der Waals surface area contributed by atoms with Crippen molar-refractivity contribution in [2.24, 2.45) is 5.41 Å². The minimum atomic E-state index is -3.30. The molecule has 0 unspecified atom stereocenters. The maximum Gasteiger partial charge on any atom is 0.212 e. The number of sulfonamides is 1. The van der Waals surface area contributed by atoms with E-state index >= 15 is 0 Å². The standard InChI is InChI=1S/C18H31NO3S/c1-5-10-17(16-11-7-6-8-12-16)19-23(20,21)14-9-13-22-15-18(2,3)4/h6-8,11-12,17,19H,5,9-10,13-15H2,1-4H3/t17-/m1/s1. The van der Waals surface area contributed by atoms with Gasteiger partial charge >= 0.3 is 0 Å². The molecule has 132 valence electrons. The van der Waals surface area contributed by atoms with Gasteiger partial charge in [0.2, 0.25) is 10.0 Å². The lowest BCUT2D eigenvalue weighted by Crippen LogP contribution is -2.31. The zero-order chi connectivity index (χ0) is 17.3. The second kappa shape index (κ2) is 9.40. The van der Waals surface area contributed by atoms with Crippen molar-refractivity contribution in [3.63, 3.8) is 0 Å². The first kappa shape index (κ1) is 20.1. The third-order valence-corrected chi connectivity index (χ3v) is 4.81. The van der Waals surface area contributed by atoms with E-state index in [2.05, 4.69) is 32.4 Å². The molecule has 0 aliphatic heterocycles. The van der Waals surface area contributed by atoms with Crippen LogP contribution < -0.4 is 4.72 Å². The van der Waals surface area contributed by atoms with Crippen molar-refractivity contribution in [3.05, 3.63) is 35.9 Å². The highest BCUT2D eigenvalue weighted by Gasteiger charge is 2.18. The first-order valence-corrected chi connectivity index (χ1v) is 10.0. The van der Waals surface area contributed by atoms with Gasteiger partial charge in [-0.15, -0.1) is 0 Å². The average molecular weight is 342 g/mol. The van der Waals surface area contributed by atoms with Gasteiger partial charge in [0, 0.05) is 12.6 Å². The summed E-state index contributed by atoms with van der Waals surface area (Å²) in [5.74, 6) is 0.101. The van der Waals surface area contributed by atoms with Crippen LogP contribution in [0, 0.1) is 5.41 Å². The van der Waals surface area contributed by atoms with Crippen LogP contribution in [0.2, 0.25) is 0 Å². The fourth-order valence-corrected chi connectivity index (χ4v) is 3.58. The average Bonchev–Trinajstić information content (AvgIpc) is 2.46. The van der Waals surface area contributed by atoms with E-state index in [0.717, 1.165) is 18.4 Å². The number of benzene rings is 1. The highest BCUT2D eigenvalue weighted by molar-refractivity contribution is 7.89. The first-order chi connectivity index (χ1) is 10.7. The Labute approximate surface area is 141 Å². The van der Waals surface area contributed by atoms with Crippen LogP contribution in [0.3, 0.4) is 0 Å². The van der Waals surface area contributed by atoms with Gasteiger partial charge in [-0.3, -0.25) is 0 Å². The van der Waals surface area contributed by atoms with Crippen LogP contribution in [-0.4, -0.2) is 27.4 Å². The topological polar surface area (TPSA) is 55.4 Å². The van der Waals surface area contributed by atoms with Crippen LogP contribution in [-0.2, 0) is 14.8 Å². The minimum Gasteiger partial charge on any atom is -0.381 e. The summed E-state index contributed by atoms with van der Waals surface area (Å²) in [7, 11) is -3.30. The van der Waals surface area contributed by atoms with Gasteiger partial charge in [-0.25, -0.2) is 13.1 Å². The number of nitrogens with one attached hydrogen (secondary N) is 1. The molecule has 0 saturated carbocycles. The Hall–Kier alpha value is -0.910. The molecule has 0 radical (unpaired) electrons. The van der Waals surface area contributed by atoms with Crippen LogP contribution in [0.25, 0.3) is 0 Å². The summed E-state index contributed by atoms with van der Waals surface area (Å²) >= 11 is 0. The van der Waals surface area contributed by atoms with E-state index in [1.807, 2.05) is 30.3 Å². The molecular weight excluding hydrogens is 310 g/mol. The number of ether oxygens (including phenoxy) is 1. The second-order valence-corrected chi connectivity index (χ2v) is 9.03. The van der Waals surface area contributed by atoms with Crippen LogP contribution >= 0.6 is 0 Å². The van der Waals surface area contributed by atoms with Crippen molar-refractivity contribution in [3.8, 4) is 0 Å². The molecule has 0 amide bonds. The lowest BCUT2D eigenvalue weighted by molar-refractivity contribution is 0.0720. The van der Waals surface area contributed by atoms with E-state index in [1.165, 1.54) is 0 Å². The van der Waals surface area contributed by atoms with E-state index in [0.29, 0.717) is 19.6 Å². The van der Waals surface area contributed by atoms with E-state index < -0.39 is 10.0 Å². The Balaban J connectivity index is 2.48. The largest absolute Gasteiger partial charge is 0.381 e. The van der Waals surface area contributed by atoms with Gasteiger partial charge in [0.05, 0.1) is 12.4 Å². The molecule has 0 aliphatic carbocycles. The molecule has 4 nitrogen and oxygen atoms in total. The lowest BCUT2D eigenvalue weighted by atomic mass is 9.99. The van der Waals surface area contributed by atoms with Gasteiger partial charge in [-0.05, 0) is 23.8 Å². The highest BCUT2D eigenvalue weighted by atomic mass is 32.2. The van der Waals surface area contributed by atoms with Crippen LogP contribution in [0.4, 0.5) is 0 Å². The van der Waals surface area contributed by atoms with Gasteiger partial charge in [-0.1, -0.05) is 64.4 Å². The molecule has 0 bridgehead atoms. The summed E-state index contributed by atoms with van der Waals surface area (Å²) in [6.45, 7) is 9.47. The Morgan fingerprint density at radius 2 is 1.83 bits per heavy atom. The molecule has 23 heavy (non-hydrogen) atoms. The van der Waals surface area contributed by atoms with Crippen LogP contribution in [0.1, 0.15) is 58.6 Å². The molecule has 0 aromatic heterocycles. The molecule has 0 fully saturated rings. The molecule has 5 heteroatoms. The predicted octanol–water partition coefficient (Wildman–Crippen LogP) is 3.90. The Morgan fingerprint density at radius 3 is 2.39 bits per heavy atom. The Kier molecular flexibility index (Phi) is 8.23. The molecule has 0 heterocycles. The number of hydrogen-bond acceptors (Lipinski definition) is 3. The maximum absolute atomic E-state index is 12.3. The molecule has 1 rings (SSSR count). The molecule has 1 N–H and O–H groups in total. The van der Waals surface area contributed by atoms with Crippen molar-refractivity contribution in [2.45, 2.75) is 53.0 Å². The number of hydrogen-bond donors (Lipinski definition) is 1.